The van der Waals surface area contributed by atoms with Crippen LogP contribution in [0.4, 0.5) is 22.1 Å². The van der Waals surface area contributed by atoms with E-state index >= 15 is 0 Å². The van der Waals surface area contributed by atoms with Crippen molar-refractivity contribution in [2.24, 2.45) is 0 Å². The Morgan fingerprint density at radius 3 is 2.79 bits per heavy atom. The Labute approximate surface area is 199 Å². The number of amides is 2. The monoisotopic (exact) mass is 470 g/mol. The van der Waals surface area contributed by atoms with E-state index in [2.05, 4.69) is 42.0 Å². The van der Waals surface area contributed by atoms with Crippen LogP contribution in [0.3, 0.4) is 0 Å². The van der Waals surface area contributed by atoms with Crippen molar-refractivity contribution in [3.8, 4) is 10.4 Å². The van der Waals surface area contributed by atoms with Gasteiger partial charge in [0.05, 0.1) is 16.5 Å². The number of aryl methyl sites for hydroxylation is 1. The topological polar surface area (TPSA) is 110 Å². The molecule has 34 heavy (non-hydrogen) atoms. The molecule has 5 rings (SSSR count). The SMILES string of the molecule is Cc1cccc(NC(=O)Nc2cn(CCNc3ncnc4cc(-c5ccncc5)sc34)cn2)c1. The van der Waals surface area contributed by atoms with Crippen LogP contribution in [0.2, 0.25) is 0 Å². The van der Waals surface area contributed by atoms with Crippen LogP contribution >= 0.6 is 11.3 Å². The lowest BCUT2D eigenvalue weighted by Gasteiger charge is -2.07. The molecule has 1 aromatic carbocycles. The predicted octanol–water partition coefficient (Wildman–Crippen LogP) is 5.01. The second-order valence-electron chi connectivity index (χ2n) is 7.66. The lowest BCUT2D eigenvalue weighted by atomic mass is 10.2. The molecule has 9 nitrogen and oxygen atoms in total. The van der Waals surface area contributed by atoms with Crippen LogP contribution in [0.25, 0.3) is 20.7 Å². The molecule has 2 amide bonds. The highest BCUT2D eigenvalue weighted by atomic mass is 32.1. The molecule has 0 radical (unpaired) electrons. The van der Waals surface area contributed by atoms with Gasteiger partial charge in [-0.25, -0.2) is 19.7 Å². The van der Waals surface area contributed by atoms with Crippen LogP contribution < -0.4 is 16.0 Å². The number of benzene rings is 1. The normalized spacial score (nSPS) is 10.9. The molecular formula is C24H22N8OS. The van der Waals surface area contributed by atoms with Gasteiger partial charge in [0.2, 0.25) is 0 Å². The van der Waals surface area contributed by atoms with Crippen molar-refractivity contribution in [1.82, 2.24) is 24.5 Å². The Balaban J connectivity index is 1.18. The fourth-order valence-corrected chi connectivity index (χ4v) is 4.57. The lowest BCUT2D eigenvalue weighted by molar-refractivity contribution is 0.262. The van der Waals surface area contributed by atoms with Gasteiger partial charge in [-0.1, -0.05) is 12.1 Å². The largest absolute Gasteiger partial charge is 0.367 e. The molecular weight excluding hydrogens is 448 g/mol. The van der Waals surface area contributed by atoms with Gasteiger partial charge in [0.15, 0.2) is 5.82 Å². The van der Waals surface area contributed by atoms with Gasteiger partial charge in [-0.2, -0.15) is 0 Å². The van der Waals surface area contributed by atoms with Gasteiger partial charge in [0.25, 0.3) is 0 Å². The zero-order valence-electron chi connectivity index (χ0n) is 18.4. The van der Waals surface area contributed by atoms with Crippen LogP contribution in [0, 0.1) is 6.92 Å². The van der Waals surface area contributed by atoms with Crippen LogP contribution in [0.15, 0.2) is 73.7 Å². The van der Waals surface area contributed by atoms with Crippen molar-refractivity contribution in [2.75, 3.05) is 22.5 Å². The smallest absolute Gasteiger partial charge is 0.324 e. The summed E-state index contributed by atoms with van der Waals surface area (Å²) in [5.74, 6) is 1.28. The molecule has 170 valence electrons. The second kappa shape index (κ2) is 9.67. The number of carbonyl (C=O) groups is 1. The van der Waals surface area contributed by atoms with E-state index in [1.165, 1.54) is 0 Å². The third kappa shape index (κ3) is 5.02. The Kier molecular flexibility index (Phi) is 6.13. The number of fused-ring (bicyclic) bond motifs is 1. The van der Waals surface area contributed by atoms with Crippen molar-refractivity contribution in [2.45, 2.75) is 13.5 Å². The molecule has 0 atom stereocenters. The van der Waals surface area contributed by atoms with E-state index in [9.17, 15) is 4.79 Å². The van der Waals surface area contributed by atoms with Crippen molar-refractivity contribution >= 4 is 44.9 Å². The van der Waals surface area contributed by atoms with Gasteiger partial charge in [0, 0.05) is 42.2 Å². The molecule has 0 spiro atoms. The fraction of sp³-hybridized carbons (Fsp3) is 0.125. The number of urea groups is 1. The highest BCUT2D eigenvalue weighted by molar-refractivity contribution is 7.22. The summed E-state index contributed by atoms with van der Waals surface area (Å²) in [6, 6.07) is 13.3. The molecule has 0 saturated carbocycles. The molecule has 0 aliphatic heterocycles. The van der Waals surface area contributed by atoms with Gasteiger partial charge < -0.3 is 15.2 Å². The number of imidazole rings is 1. The first-order valence-corrected chi connectivity index (χ1v) is 11.5. The fourth-order valence-electron chi connectivity index (χ4n) is 3.49. The zero-order chi connectivity index (χ0) is 23.3. The van der Waals surface area contributed by atoms with Crippen LogP contribution in [-0.2, 0) is 6.54 Å². The maximum absolute atomic E-state index is 12.2. The Hall–Kier alpha value is -4.31. The highest BCUT2D eigenvalue weighted by Crippen LogP contribution is 2.35. The Morgan fingerprint density at radius 2 is 1.94 bits per heavy atom. The molecule has 0 aliphatic carbocycles. The van der Waals surface area contributed by atoms with Gasteiger partial charge in [0.1, 0.15) is 12.1 Å². The van der Waals surface area contributed by atoms with Crippen LogP contribution in [0.5, 0.6) is 0 Å². The van der Waals surface area contributed by atoms with E-state index in [-0.39, 0.29) is 6.03 Å². The van der Waals surface area contributed by atoms with Crippen molar-refractivity contribution in [3.63, 3.8) is 0 Å². The van der Waals surface area contributed by atoms with Crippen molar-refractivity contribution < 1.29 is 4.79 Å². The second-order valence-corrected chi connectivity index (χ2v) is 8.71. The molecule has 0 fully saturated rings. The van der Waals surface area contributed by atoms with E-state index in [0.29, 0.717) is 18.9 Å². The molecule has 4 aromatic heterocycles. The number of aromatic nitrogens is 5. The first-order valence-electron chi connectivity index (χ1n) is 10.7. The molecule has 0 unspecified atom stereocenters. The van der Waals surface area contributed by atoms with Gasteiger partial charge >= 0.3 is 6.03 Å². The van der Waals surface area contributed by atoms with Gasteiger partial charge in [-0.15, -0.1) is 11.3 Å². The summed E-state index contributed by atoms with van der Waals surface area (Å²) < 4.78 is 2.92. The van der Waals surface area contributed by atoms with E-state index in [1.807, 2.05) is 47.9 Å². The quantitative estimate of drug-likeness (QED) is 0.308. The molecule has 0 aliphatic rings. The molecule has 10 heteroatoms. The number of rotatable bonds is 7. The number of carbonyl (C=O) groups excluding carboxylic acids is 1. The lowest BCUT2D eigenvalue weighted by Crippen LogP contribution is -2.19. The molecule has 4 heterocycles. The van der Waals surface area contributed by atoms with Crippen molar-refractivity contribution in [3.05, 3.63) is 79.3 Å². The summed E-state index contributed by atoms with van der Waals surface area (Å²) >= 11 is 1.65. The van der Waals surface area contributed by atoms with Gasteiger partial charge in [-0.05, 0) is 48.4 Å². The van der Waals surface area contributed by atoms with Crippen LogP contribution in [0.1, 0.15) is 5.56 Å². The van der Waals surface area contributed by atoms with E-state index in [1.54, 1.807) is 42.6 Å². The third-order valence-electron chi connectivity index (χ3n) is 5.09. The number of hydrogen-bond donors (Lipinski definition) is 3. The van der Waals surface area contributed by atoms with Crippen LogP contribution in [-0.4, -0.2) is 37.1 Å². The Bertz CT molecular complexity index is 1430. The summed E-state index contributed by atoms with van der Waals surface area (Å²) in [5, 5.41) is 8.95. The molecule has 3 N–H and O–H groups in total. The van der Waals surface area contributed by atoms with Crippen molar-refractivity contribution in [1.29, 1.82) is 0 Å². The summed E-state index contributed by atoms with van der Waals surface area (Å²) in [6.07, 6.45) is 8.61. The number of pyridine rings is 1. The minimum Gasteiger partial charge on any atom is -0.367 e. The standard InChI is InChI=1S/C24H22N8OS/c1-16-3-2-4-18(11-16)30-24(33)31-21-13-32(15-29-21)10-9-26-23-22-19(27-14-28-23)12-20(34-22)17-5-7-25-8-6-17/h2-8,11-15H,9-10H2,1H3,(H,26,27,28)(H2,30,31,33). The highest BCUT2D eigenvalue weighted by Gasteiger charge is 2.10. The number of thiophene rings is 1. The molecule has 0 saturated heterocycles. The maximum atomic E-state index is 12.2. The third-order valence-corrected chi connectivity index (χ3v) is 6.27. The summed E-state index contributed by atoms with van der Waals surface area (Å²) in [4.78, 5) is 30.5. The maximum Gasteiger partial charge on any atom is 0.324 e. The zero-order valence-corrected chi connectivity index (χ0v) is 19.2. The summed E-state index contributed by atoms with van der Waals surface area (Å²) in [6.45, 7) is 3.27. The van der Waals surface area contributed by atoms with E-state index in [4.69, 9.17) is 0 Å². The predicted molar refractivity (Wildman–Crippen MR) is 135 cm³/mol. The minimum atomic E-state index is -0.333. The number of anilines is 3. The number of hydrogen-bond acceptors (Lipinski definition) is 7. The van der Waals surface area contributed by atoms with E-state index in [0.717, 1.165) is 37.7 Å². The molecule has 5 aromatic rings. The van der Waals surface area contributed by atoms with E-state index < -0.39 is 0 Å². The van der Waals surface area contributed by atoms with Gasteiger partial charge in [-0.3, -0.25) is 10.3 Å². The Morgan fingerprint density at radius 1 is 1.06 bits per heavy atom. The molecule has 0 bridgehead atoms. The average molecular weight is 471 g/mol. The summed E-state index contributed by atoms with van der Waals surface area (Å²) in [7, 11) is 0. The summed E-state index contributed by atoms with van der Waals surface area (Å²) in [5.41, 5.74) is 3.82. The minimum absolute atomic E-state index is 0.333. The number of nitrogens with zero attached hydrogens (tertiary/aromatic N) is 5. The average Bonchev–Trinajstić information content (AvgIpc) is 3.47. The first kappa shape index (κ1) is 21.5. The number of nitrogens with one attached hydrogen (secondary N) is 3. The first-order chi connectivity index (χ1) is 16.6.